The topological polar surface area (TPSA) is 219 Å². The van der Waals surface area contributed by atoms with Crippen LogP contribution in [0.15, 0.2) is 83.1 Å². The van der Waals surface area contributed by atoms with Gasteiger partial charge < -0.3 is 43.5 Å². The number of nitrogen functional groups attached to an aromatic ring is 1. The van der Waals surface area contributed by atoms with Crippen molar-refractivity contribution in [2.45, 2.75) is 86.6 Å². The van der Waals surface area contributed by atoms with E-state index in [0.29, 0.717) is 72.5 Å². The molecule has 56 heavy (non-hydrogen) atoms. The van der Waals surface area contributed by atoms with Crippen LogP contribution in [0.3, 0.4) is 0 Å². The number of anilines is 1. The molecule has 0 saturated carbocycles. The summed E-state index contributed by atoms with van der Waals surface area (Å²) in [5, 5.41) is 14.7. The van der Waals surface area contributed by atoms with E-state index in [1.807, 2.05) is 61.7 Å². The minimum Gasteiger partial charge on any atom is -0.384 e. The van der Waals surface area contributed by atoms with Gasteiger partial charge in [-0.2, -0.15) is 0 Å². The third-order valence-electron chi connectivity index (χ3n) is 9.87. The first-order valence-electron chi connectivity index (χ1n) is 18.9. The highest BCUT2D eigenvalue weighted by Crippen LogP contribution is 2.41. The fraction of sp³-hybridized carbons (Fsp3) is 0.341. The molecule has 0 fully saturated rings. The summed E-state index contributed by atoms with van der Waals surface area (Å²) in [4.78, 5) is 55.8. The number of aromatic nitrogens is 3. The zero-order chi connectivity index (χ0) is 39.6. The van der Waals surface area contributed by atoms with Gasteiger partial charge in [0.25, 0.3) is 0 Å². The molecule has 0 spiro atoms. The van der Waals surface area contributed by atoms with E-state index in [0.717, 1.165) is 44.3 Å². The van der Waals surface area contributed by atoms with E-state index < -0.39 is 29.9 Å². The second kappa shape index (κ2) is 19.2. The number of aryl methyl sites for hydroxylation is 1. The van der Waals surface area contributed by atoms with Crippen molar-refractivity contribution in [1.82, 2.24) is 36.2 Å². The molecule has 1 aliphatic heterocycles. The van der Waals surface area contributed by atoms with E-state index in [1.165, 1.54) is 11.8 Å². The Labute approximate surface area is 335 Å². The molecule has 4 heterocycles. The molecule has 1 aliphatic rings. The summed E-state index contributed by atoms with van der Waals surface area (Å²) >= 11 is 8.38. The van der Waals surface area contributed by atoms with Crippen molar-refractivity contribution in [2.75, 3.05) is 18.8 Å². The lowest BCUT2D eigenvalue weighted by molar-refractivity contribution is -0.132. The van der Waals surface area contributed by atoms with Crippen LogP contribution in [0.4, 0.5) is 5.82 Å². The van der Waals surface area contributed by atoms with Crippen molar-refractivity contribution in [1.29, 1.82) is 0 Å². The molecule has 0 radical (unpaired) electrons. The molecule has 3 atom stereocenters. The lowest BCUT2D eigenvalue weighted by Gasteiger charge is -2.26. The number of nitrogens with one attached hydrogen (secondary N) is 5. The minimum atomic E-state index is -1.00. The smallest absolute Gasteiger partial charge is 0.243 e. The SMILES string of the molecule is Cc1cnc2c(c1)CN[C@@H](CCCN)C(=O)N[C@@H](CCCCN)C(=O)N[C@@H](Cc1c[nH]c3ccccc13)C(=O)NCc1c(-c3ccc(N)nc3)ccc(Cl)c1S2. The van der Waals surface area contributed by atoms with Crippen LogP contribution in [0.25, 0.3) is 22.0 Å². The minimum absolute atomic E-state index is 0.0684. The lowest BCUT2D eigenvalue weighted by atomic mass is 10.00. The number of aromatic amines is 1. The van der Waals surface area contributed by atoms with Gasteiger partial charge in [-0.25, -0.2) is 9.97 Å². The Hall–Kier alpha value is -4.99. The van der Waals surface area contributed by atoms with Crippen LogP contribution in [0, 0.1) is 6.92 Å². The maximum Gasteiger partial charge on any atom is 0.243 e. The van der Waals surface area contributed by atoms with Gasteiger partial charge in [-0.05, 0) is 104 Å². The van der Waals surface area contributed by atoms with Gasteiger partial charge in [-0.15, -0.1) is 0 Å². The Bertz CT molecular complexity index is 2160. The third kappa shape index (κ3) is 10.1. The number of unbranched alkanes of at least 4 members (excludes halogenated alkanes) is 1. The molecule has 2 aromatic carbocycles. The summed E-state index contributed by atoms with van der Waals surface area (Å²) in [6, 6.07) is 14.5. The fourth-order valence-electron chi connectivity index (χ4n) is 6.87. The van der Waals surface area contributed by atoms with E-state index in [4.69, 9.17) is 33.8 Å². The number of pyridine rings is 2. The van der Waals surface area contributed by atoms with Gasteiger partial charge in [0.15, 0.2) is 0 Å². The van der Waals surface area contributed by atoms with Crippen molar-refractivity contribution in [3.63, 3.8) is 0 Å². The second-order valence-electron chi connectivity index (χ2n) is 14.0. The van der Waals surface area contributed by atoms with Crippen LogP contribution in [-0.4, -0.2) is 63.9 Å². The van der Waals surface area contributed by atoms with Crippen molar-refractivity contribution in [3.05, 3.63) is 100 Å². The number of carbonyl (C=O) groups is 3. The molecule has 6 rings (SSSR count). The first-order valence-corrected chi connectivity index (χ1v) is 20.1. The average Bonchev–Trinajstić information content (AvgIpc) is 3.60. The van der Waals surface area contributed by atoms with Gasteiger partial charge in [0.2, 0.25) is 17.7 Å². The molecular formula is C41H49ClN10O3S. The average molecular weight is 797 g/mol. The highest BCUT2D eigenvalue weighted by atomic mass is 35.5. The molecule has 3 aromatic heterocycles. The van der Waals surface area contributed by atoms with Gasteiger partial charge in [-0.1, -0.05) is 53.7 Å². The number of carbonyl (C=O) groups excluding carboxylic acids is 3. The van der Waals surface area contributed by atoms with Crippen LogP contribution in [0.2, 0.25) is 5.02 Å². The molecule has 0 saturated heterocycles. The molecule has 13 nitrogen and oxygen atoms in total. The largest absolute Gasteiger partial charge is 0.384 e. The Morgan fingerprint density at radius 1 is 0.839 bits per heavy atom. The second-order valence-corrected chi connectivity index (χ2v) is 15.4. The summed E-state index contributed by atoms with van der Waals surface area (Å²) in [7, 11) is 0. The highest BCUT2D eigenvalue weighted by molar-refractivity contribution is 7.99. The van der Waals surface area contributed by atoms with E-state index >= 15 is 0 Å². The molecule has 11 N–H and O–H groups in total. The zero-order valence-electron chi connectivity index (χ0n) is 31.4. The molecule has 0 unspecified atom stereocenters. The zero-order valence-corrected chi connectivity index (χ0v) is 32.9. The van der Waals surface area contributed by atoms with E-state index in [2.05, 4.69) is 31.2 Å². The van der Waals surface area contributed by atoms with E-state index in [1.54, 1.807) is 18.5 Å². The number of para-hydroxylation sites is 1. The maximum atomic E-state index is 14.5. The number of fused-ring (bicyclic) bond motifs is 3. The Morgan fingerprint density at radius 2 is 1.61 bits per heavy atom. The molecular weight excluding hydrogens is 748 g/mol. The Balaban J connectivity index is 1.46. The van der Waals surface area contributed by atoms with E-state index in [9.17, 15) is 14.4 Å². The van der Waals surface area contributed by atoms with Gasteiger partial charge in [-0.3, -0.25) is 14.4 Å². The summed E-state index contributed by atoms with van der Waals surface area (Å²) in [5.41, 5.74) is 23.5. The molecule has 0 aliphatic carbocycles. The number of nitrogens with two attached hydrogens (primary N) is 3. The quantitative estimate of drug-likeness (QED) is 0.0927. The van der Waals surface area contributed by atoms with Gasteiger partial charge >= 0.3 is 0 Å². The predicted octanol–water partition coefficient (Wildman–Crippen LogP) is 4.49. The number of hydrogen-bond acceptors (Lipinski definition) is 10. The summed E-state index contributed by atoms with van der Waals surface area (Å²) < 4.78 is 0. The Kier molecular flexibility index (Phi) is 14.0. The van der Waals surface area contributed by atoms with Crippen LogP contribution in [0.1, 0.15) is 54.4 Å². The van der Waals surface area contributed by atoms with Crippen molar-refractivity contribution < 1.29 is 14.4 Å². The Morgan fingerprint density at radius 3 is 2.39 bits per heavy atom. The predicted molar refractivity (Wildman–Crippen MR) is 222 cm³/mol. The summed E-state index contributed by atoms with van der Waals surface area (Å²) in [5.74, 6) is -0.831. The number of halogens is 1. The molecule has 294 valence electrons. The van der Waals surface area contributed by atoms with Crippen LogP contribution in [0.5, 0.6) is 0 Å². The molecule has 3 amide bonds. The third-order valence-corrected chi connectivity index (χ3v) is 11.5. The lowest BCUT2D eigenvalue weighted by Crippen LogP contribution is -2.56. The number of hydrogen-bond donors (Lipinski definition) is 8. The number of rotatable bonds is 10. The standard InChI is InChI=1S/C41H49ClN10O3S/c1-24-17-27-22-47-33(10-6-16-44)39(54)51-34(9-4-5-15-43)40(55)52-35(18-26-21-46-32-8-3-2-7-29(26)32)38(53)49-23-30-28(25-11-14-36(45)48-20-25)12-13-31(42)37(30)56-41(27)50-19-24/h2-3,7-8,11-14,17,19-21,33-35,46-47H,4-6,9-10,15-16,18,22-23,43-44H2,1H3,(H2,45,48)(H,49,53)(H,51,54)(H,52,55)/t33-,34-,35-/m0/s1. The highest BCUT2D eigenvalue weighted by Gasteiger charge is 2.30. The molecule has 0 bridgehead atoms. The summed E-state index contributed by atoms with van der Waals surface area (Å²) in [6.07, 6.45) is 8.15. The van der Waals surface area contributed by atoms with Crippen molar-refractivity contribution in [2.24, 2.45) is 11.5 Å². The molecule has 5 aromatic rings. The maximum absolute atomic E-state index is 14.5. The summed E-state index contributed by atoms with van der Waals surface area (Å²) in [6.45, 7) is 3.17. The van der Waals surface area contributed by atoms with Gasteiger partial charge in [0, 0.05) is 59.5 Å². The number of benzene rings is 2. The van der Waals surface area contributed by atoms with Crippen LogP contribution >= 0.6 is 23.4 Å². The van der Waals surface area contributed by atoms with Gasteiger partial charge in [0.05, 0.1) is 11.1 Å². The van der Waals surface area contributed by atoms with Gasteiger partial charge in [0.1, 0.15) is 22.9 Å². The molecule has 15 heteroatoms. The van der Waals surface area contributed by atoms with Crippen LogP contribution < -0.4 is 38.5 Å². The monoisotopic (exact) mass is 796 g/mol. The number of H-pyrrole nitrogens is 1. The number of nitrogens with zero attached hydrogens (tertiary/aromatic N) is 2. The first kappa shape index (κ1) is 40.7. The first-order chi connectivity index (χ1) is 27.1. The fourth-order valence-corrected chi connectivity index (χ4v) is 8.19. The van der Waals surface area contributed by atoms with Crippen molar-refractivity contribution >= 4 is 57.8 Å². The van der Waals surface area contributed by atoms with E-state index in [-0.39, 0.29) is 18.9 Å². The number of amides is 3. The van der Waals surface area contributed by atoms with Crippen LogP contribution in [-0.2, 0) is 33.9 Å². The normalized spacial score (nSPS) is 18.4. The van der Waals surface area contributed by atoms with Crippen molar-refractivity contribution in [3.8, 4) is 11.1 Å².